The second kappa shape index (κ2) is 8.69. The summed E-state index contributed by atoms with van der Waals surface area (Å²) in [6.45, 7) is 0.649. The van der Waals surface area contributed by atoms with E-state index in [4.69, 9.17) is 0 Å². The van der Waals surface area contributed by atoms with Gasteiger partial charge in [0.1, 0.15) is 11.3 Å². The van der Waals surface area contributed by atoms with Gasteiger partial charge in [-0.25, -0.2) is 9.78 Å². The van der Waals surface area contributed by atoms with Crippen LogP contribution < -0.4 is 16.6 Å². The van der Waals surface area contributed by atoms with Gasteiger partial charge in [0.05, 0.1) is 0 Å². The minimum Gasteiger partial charge on any atom is -0.356 e. The fourth-order valence-electron chi connectivity index (χ4n) is 3.16. The standard InChI is InChI=1S/C20H25N5O3/c1-24-18-17(19(27)25(2)20(24)28)22-15(23-18)11-6-12-16(26)21-13-7-10-14-8-4-3-5-9-14/h3-5,8-9H,6-7,10-13H2,1-2H3,(H,21,26)(H,22,23). The summed E-state index contributed by atoms with van der Waals surface area (Å²) in [5.41, 5.74) is 1.11. The molecule has 2 heterocycles. The van der Waals surface area contributed by atoms with E-state index in [1.165, 1.54) is 17.2 Å². The van der Waals surface area contributed by atoms with Gasteiger partial charge in [0.15, 0.2) is 5.65 Å². The van der Waals surface area contributed by atoms with Crippen molar-refractivity contribution >= 4 is 17.1 Å². The molecule has 0 atom stereocenters. The number of carbonyl (C=O) groups is 1. The first-order chi connectivity index (χ1) is 13.5. The van der Waals surface area contributed by atoms with Crippen molar-refractivity contribution in [3.63, 3.8) is 0 Å². The number of nitrogens with one attached hydrogen (secondary N) is 2. The highest BCUT2D eigenvalue weighted by Gasteiger charge is 2.13. The van der Waals surface area contributed by atoms with Gasteiger partial charge in [0.25, 0.3) is 5.56 Å². The SMILES string of the molecule is Cn1c(=O)c2[nH]c(CCCC(=O)NCCCc3ccccc3)nc2n(C)c1=O. The predicted octanol–water partition coefficient (Wildman–Crippen LogP) is 1.03. The molecule has 0 aliphatic heterocycles. The highest BCUT2D eigenvalue weighted by Crippen LogP contribution is 2.07. The third-order valence-corrected chi connectivity index (χ3v) is 4.77. The van der Waals surface area contributed by atoms with E-state index in [0.717, 1.165) is 17.4 Å². The predicted molar refractivity (Wildman–Crippen MR) is 107 cm³/mol. The van der Waals surface area contributed by atoms with E-state index in [0.29, 0.717) is 42.8 Å². The zero-order valence-electron chi connectivity index (χ0n) is 16.2. The van der Waals surface area contributed by atoms with Crippen LogP contribution in [-0.2, 0) is 31.7 Å². The molecule has 1 amide bonds. The van der Waals surface area contributed by atoms with Gasteiger partial charge in [-0.1, -0.05) is 30.3 Å². The van der Waals surface area contributed by atoms with E-state index < -0.39 is 11.2 Å². The van der Waals surface area contributed by atoms with E-state index in [9.17, 15) is 14.4 Å². The highest BCUT2D eigenvalue weighted by atomic mass is 16.2. The van der Waals surface area contributed by atoms with Crippen molar-refractivity contribution in [1.29, 1.82) is 0 Å². The molecule has 0 bridgehead atoms. The number of imidazole rings is 1. The lowest BCUT2D eigenvalue weighted by molar-refractivity contribution is -0.121. The molecule has 0 aliphatic carbocycles. The summed E-state index contributed by atoms with van der Waals surface area (Å²) in [4.78, 5) is 43.4. The minimum atomic E-state index is -0.412. The molecule has 3 aromatic rings. The second-order valence-electron chi connectivity index (χ2n) is 6.88. The number of aromatic nitrogens is 4. The Morgan fingerprint density at radius 3 is 2.57 bits per heavy atom. The largest absolute Gasteiger partial charge is 0.356 e. The number of carbonyl (C=O) groups excluding carboxylic acids is 1. The van der Waals surface area contributed by atoms with Gasteiger partial charge in [-0.2, -0.15) is 0 Å². The number of hydrogen-bond acceptors (Lipinski definition) is 4. The van der Waals surface area contributed by atoms with Gasteiger partial charge >= 0.3 is 5.69 Å². The van der Waals surface area contributed by atoms with E-state index in [-0.39, 0.29) is 5.91 Å². The number of amides is 1. The molecule has 0 saturated carbocycles. The van der Waals surface area contributed by atoms with E-state index in [1.54, 1.807) is 7.05 Å². The van der Waals surface area contributed by atoms with Crippen LogP contribution in [0.25, 0.3) is 11.2 Å². The monoisotopic (exact) mass is 383 g/mol. The first kappa shape index (κ1) is 19.6. The minimum absolute atomic E-state index is 0.00693. The first-order valence-electron chi connectivity index (χ1n) is 9.42. The zero-order valence-corrected chi connectivity index (χ0v) is 16.2. The number of aryl methyl sites for hydroxylation is 3. The molecule has 8 heteroatoms. The summed E-state index contributed by atoms with van der Waals surface area (Å²) in [5, 5.41) is 2.93. The maximum absolute atomic E-state index is 12.2. The zero-order chi connectivity index (χ0) is 20.1. The lowest BCUT2D eigenvalue weighted by atomic mass is 10.1. The molecular formula is C20H25N5O3. The number of H-pyrrole nitrogens is 1. The van der Waals surface area contributed by atoms with Gasteiger partial charge in [-0.05, 0) is 24.8 Å². The Morgan fingerprint density at radius 1 is 1.07 bits per heavy atom. The van der Waals surface area contributed by atoms with Gasteiger partial charge in [0, 0.05) is 33.5 Å². The fourth-order valence-corrected chi connectivity index (χ4v) is 3.16. The summed E-state index contributed by atoms with van der Waals surface area (Å²) in [6.07, 6.45) is 3.37. The number of rotatable bonds is 8. The Kier molecular flexibility index (Phi) is 6.08. The van der Waals surface area contributed by atoms with Crippen molar-refractivity contribution < 1.29 is 4.79 Å². The fraction of sp³-hybridized carbons (Fsp3) is 0.400. The van der Waals surface area contributed by atoms with Gasteiger partial charge in [-0.15, -0.1) is 0 Å². The van der Waals surface area contributed by atoms with Crippen LogP contribution in [0.3, 0.4) is 0 Å². The van der Waals surface area contributed by atoms with Gasteiger partial charge < -0.3 is 10.3 Å². The van der Waals surface area contributed by atoms with Crippen molar-refractivity contribution in [2.45, 2.75) is 32.1 Å². The number of aromatic amines is 1. The van der Waals surface area contributed by atoms with Crippen molar-refractivity contribution in [2.24, 2.45) is 14.1 Å². The highest BCUT2D eigenvalue weighted by molar-refractivity contribution is 5.75. The van der Waals surface area contributed by atoms with Crippen LogP contribution in [0.1, 0.15) is 30.7 Å². The molecule has 0 saturated heterocycles. The Hall–Kier alpha value is -3.16. The van der Waals surface area contributed by atoms with Crippen LogP contribution in [0.2, 0.25) is 0 Å². The van der Waals surface area contributed by atoms with E-state index >= 15 is 0 Å². The Morgan fingerprint density at radius 2 is 1.82 bits per heavy atom. The average molecular weight is 383 g/mol. The van der Waals surface area contributed by atoms with E-state index in [1.807, 2.05) is 18.2 Å². The van der Waals surface area contributed by atoms with Crippen LogP contribution >= 0.6 is 0 Å². The molecule has 2 aromatic heterocycles. The average Bonchev–Trinajstić information content (AvgIpc) is 3.13. The van der Waals surface area contributed by atoms with Crippen LogP contribution in [0, 0.1) is 0 Å². The molecule has 1 aromatic carbocycles. The summed E-state index contributed by atoms with van der Waals surface area (Å²) in [6, 6.07) is 10.2. The van der Waals surface area contributed by atoms with Crippen molar-refractivity contribution in [2.75, 3.05) is 6.54 Å². The maximum atomic E-state index is 12.2. The maximum Gasteiger partial charge on any atom is 0.332 e. The summed E-state index contributed by atoms with van der Waals surface area (Å²) in [5.74, 6) is 0.609. The lowest BCUT2D eigenvalue weighted by Crippen LogP contribution is -2.36. The number of benzene rings is 1. The Balaban J connectivity index is 1.46. The molecule has 3 rings (SSSR count). The smallest absolute Gasteiger partial charge is 0.332 e. The lowest BCUT2D eigenvalue weighted by Gasteiger charge is -2.05. The third kappa shape index (κ3) is 4.39. The van der Waals surface area contributed by atoms with Gasteiger partial charge in [0.2, 0.25) is 5.91 Å². The van der Waals surface area contributed by atoms with Crippen LogP contribution in [0.5, 0.6) is 0 Å². The van der Waals surface area contributed by atoms with Crippen LogP contribution in [0.15, 0.2) is 39.9 Å². The Bertz CT molecular complexity index is 1080. The summed E-state index contributed by atoms with van der Waals surface area (Å²) >= 11 is 0. The van der Waals surface area contributed by atoms with Crippen molar-refractivity contribution in [1.82, 2.24) is 24.4 Å². The first-order valence-corrected chi connectivity index (χ1v) is 9.42. The number of hydrogen-bond donors (Lipinski definition) is 2. The van der Waals surface area contributed by atoms with E-state index in [2.05, 4.69) is 27.4 Å². The Labute approximate surface area is 162 Å². The molecule has 2 N–H and O–H groups in total. The second-order valence-corrected chi connectivity index (χ2v) is 6.88. The molecule has 28 heavy (non-hydrogen) atoms. The normalized spacial score (nSPS) is 11.1. The number of nitrogens with zero attached hydrogens (tertiary/aromatic N) is 3. The molecule has 0 spiro atoms. The molecule has 8 nitrogen and oxygen atoms in total. The van der Waals surface area contributed by atoms with Crippen LogP contribution in [-0.4, -0.2) is 31.6 Å². The van der Waals surface area contributed by atoms with Crippen molar-refractivity contribution in [3.8, 4) is 0 Å². The van der Waals surface area contributed by atoms with Crippen molar-refractivity contribution in [3.05, 3.63) is 62.6 Å². The van der Waals surface area contributed by atoms with Gasteiger partial charge in [-0.3, -0.25) is 18.7 Å². The third-order valence-electron chi connectivity index (χ3n) is 4.77. The summed E-state index contributed by atoms with van der Waals surface area (Å²) < 4.78 is 2.39. The molecular weight excluding hydrogens is 358 g/mol. The number of fused-ring (bicyclic) bond motifs is 1. The molecule has 0 radical (unpaired) electrons. The molecule has 148 valence electrons. The van der Waals surface area contributed by atoms with Crippen LogP contribution in [0.4, 0.5) is 0 Å². The summed E-state index contributed by atoms with van der Waals surface area (Å²) in [7, 11) is 3.02. The molecule has 0 unspecified atom stereocenters. The quantitative estimate of drug-likeness (QED) is 0.567. The molecule has 0 fully saturated rings. The topological polar surface area (TPSA) is 102 Å². The molecule has 0 aliphatic rings.